The van der Waals surface area contributed by atoms with Crippen LogP contribution < -0.4 is 15.6 Å². The summed E-state index contributed by atoms with van der Waals surface area (Å²) in [5.41, 5.74) is 2.43. The van der Waals surface area contributed by atoms with Crippen molar-refractivity contribution in [2.75, 3.05) is 20.3 Å². The number of hydrogen-bond donors (Lipinski definition) is 2. The van der Waals surface area contributed by atoms with Crippen molar-refractivity contribution in [1.29, 1.82) is 0 Å². The number of rotatable bonds is 12. The van der Waals surface area contributed by atoms with E-state index in [0.29, 0.717) is 30.8 Å². The van der Waals surface area contributed by atoms with Crippen molar-refractivity contribution >= 4 is 14.3 Å². The number of hydrogen-bond acceptors (Lipinski definition) is 8. The number of ether oxygens (including phenoxy) is 1. The number of methoxy groups -OCH3 is 1. The number of amides is 1. The average Bonchev–Trinajstić information content (AvgIpc) is 2.97. The molecule has 0 fully saturated rings. The van der Waals surface area contributed by atoms with E-state index in [1.807, 2.05) is 62.4 Å². The van der Waals surface area contributed by atoms with Crippen LogP contribution in [-0.2, 0) is 15.2 Å². The van der Waals surface area contributed by atoms with Crippen molar-refractivity contribution in [3.8, 4) is 17.3 Å². The summed E-state index contributed by atoms with van der Waals surface area (Å²) in [5, 5.41) is 10.7. The number of aromatic amines is 1. The Morgan fingerprint density at radius 1 is 1.00 bits per heavy atom. The molecule has 0 aliphatic rings. The van der Waals surface area contributed by atoms with Crippen LogP contribution in [0, 0.1) is 0 Å². The lowest BCUT2D eigenvalue weighted by Gasteiger charge is -2.21. The zero-order valence-corrected chi connectivity index (χ0v) is 22.9. The van der Waals surface area contributed by atoms with Crippen molar-refractivity contribution in [3.05, 3.63) is 106 Å². The summed E-state index contributed by atoms with van der Waals surface area (Å²) in [6.45, 7) is 5.07. The normalized spacial score (nSPS) is 11.8. The molecular weight excluding hydrogens is 517 g/mol. The molecule has 2 aromatic heterocycles. The van der Waals surface area contributed by atoms with Gasteiger partial charge in [-0.25, -0.2) is 4.98 Å². The SMILES string of the molecule is CCOP(Cc1ccc(C(NC(=O)c2cnc(-c3cccnn3)[nH]c2=O)c2ccc(OC)cc2)cc1)OCC. The smallest absolute Gasteiger partial charge is 0.264 e. The Labute approximate surface area is 227 Å². The second kappa shape index (κ2) is 13.7. The number of carbonyl (C=O) groups excluding carboxylic acids is 1. The standard InChI is InChI=1S/C28H30N5O5P/c1-4-37-39(38-5-2)18-19-8-10-20(11-9-19)25(21-12-14-22(36-3)15-13-21)31-27(34)23-17-29-26(32-28(23)35)24-7-6-16-30-33-24/h6-17,25H,4-5,18H2,1-3H3,(H,31,34)(H,29,32,35). The van der Waals surface area contributed by atoms with Crippen LogP contribution in [0.2, 0.25) is 0 Å². The molecule has 0 bridgehead atoms. The lowest BCUT2D eigenvalue weighted by molar-refractivity contribution is 0.0941. The van der Waals surface area contributed by atoms with E-state index >= 15 is 0 Å². The maximum atomic E-state index is 13.3. The van der Waals surface area contributed by atoms with Crippen molar-refractivity contribution in [1.82, 2.24) is 25.5 Å². The summed E-state index contributed by atoms with van der Waals surface area (Å²) < 4.78 is 16.8. The van der Waals surface area contributed by atoms with Crippen molar-refractivity contribution in [2.24, 2.45) is 0 Å². The Balaban J connectivity index is 1.60. The second-order valence-electron chi connectivity index (χ2n) is 8.33. The van der Waals surface area contributed by atoms with Gasteiger partial charge in [0.25, 0.3) is 11.5 Å². The first kappa shape index (κ1) is 28.0. The Morgan fingerprint density at radius 2 is 1.67 bits per heavy atom. The zero-order chi connectivity index (χ0) is 27.6. The van der Waals surface area contributed by atoms with E-state index in [2.05, 4.69) is 25.5 Å². The molecule has 4 aromatic rings. The minimum Gasteiger partial charge on any atom is -0.497 e. The molecule has 202 valence electrons. The molecule has 39 heavy (non-hydrogen) atoms. The van der Waals surface area contributed by atoms with Crippen molar-refractivity contribution in [2.45, 2.75) is 26.1 Å². The molecule has 11 heteroatoms. The summed E-state index contributed by atoms with van der Waals surface area (Å²) in [4.78, 5) is 32.9. The minimum absolute atomic E-state index is 0.114. The average molecular weight is 548 g/mol. The molecule has 0 spiro atoms. The van der Waals surface area contributed by atoms with Gasteiger partial charge >= 0.3 is 0 Å². The van der Waals surface area contributed by atoms with Gasteiger partial charge in [-0.1, -0.05) is 36.4 Å². The van der Waals surface area contributed by atoms with Crippen LogP contribution in [0.4, 0.5) is 0 Å². The fourth-order valence-corrected chi connectivity index (χ4v) is 5.20. The number of aromatic nitrogens is 4. The number of carbonyl (C=O) groups is 1. The minimum atomic E-state index is -1.02. The van der Waals surface area contributed by atoms with Gasteiger partial charge in [-0.3, -0.25) is 9.59 Å². The third kappa shape index (κ3) is 7.32. The van der Waals surface area contributed by atoms with Gasteiger partial charge in [-0.15, -0.1) is 5.10 Å². The highest BCUT2D eigenvalue weighted by Gasteiger charge is 2.21. The summed E-state index contributed by atoms with van der Waals surface area (Å²) in [6, 6.07) is 18.1. The van der Waals surface area contributed by atoms with E-state index in [0.717, 1.165) is 16.7 Å². The molecule has 1 atom stereocenters. The number of benzene rings is 2. The quantitative estimate of drug-likeness (QED) is 0.246. The number of nitrogens with one attached hydrogen (secondary N) is 2. The molecule has 0 saturated heterocycles. The van der Waals surface area contributed by atoms with E-state index in [4.69, 9.17) is 13.8 Å². The van der Waals surface area contributed by atoms with Crippen LogP contribution >= 0.6 is 8.38 Å². The molecule has 2 N–H and O–H groups in total. The van der Waals surface area contributed by atoms with Gasteiger partial charge in [0, 0.05) is 18.6 Å². The van der Waals surface area contributed by atoms with E-state index in [1.165, 1.54) is 12.4 Å². The molecule has 0 aliphatic carbocycles. The molecular formula is C28H30N5O5P. The van der Waals surface area contributed by atoms with Gasteiger partial charge in [0.1, 0.15) is 17.0 Å². The second-order valence-corrected chi connectivity index (χ2v) is 9.83. The maximum absolute atomic E-state index is 13.3. The van der Waals surface area contributed by atoms with Gasteiger partial charge in [-0.2, -0.15) is 5.10 Å². The molecule has 0 aliphatic heterocycles. The van der Waals surface area contributed by atoms with Crippen LogP contribution in [0.1, 0.15) is 46.9 Å². The van der Waals surface area contributed by atoms with Gasteiger partial charge in [0.05, 0.1) is 26.4 Å². The fraction of sp³-hybridized carbons (Fsp3) is 0.250. The van der Waals surface area contributed by atoms with E-state index in [9.17, 15) is 9.59 Å². The Morgan fingerprint density at radius 3 is 2.23 bits per heavy atom. The fourth-order valence-electron chi connectivity index (χ4n) is 3.86. The van der Waals surface area contributed by atoms with Crippen molar-refractivity contribution in [3.63, 3.8) is 0 Å². The molecule has 1 unspecified atom stereocenters. The molecule has 2 heterocycles. The Kier molecular flexibility index (Phi) is 9.85. The first-order valence-corrected chi connectivity index (χ1v) is 13.8. The van der Waals surface area contributed by atoms with Gasteiger partial charge in [-0.05, 0) is 54.8 Å². The number of H-pyrrole nitrogens is 1. The Bertz CT molecular complexity index is 1410. The predicted molar refractivity (Wildman–Crippen MR) is 149 cm³/mol. The predicted octanol–water partition coefficient (Wildman–Crippen LogP) is 4.64. The van der Waals surface area contributed by atoms with Crippen LogP contribution in [0.25, 0.3) is 11.5 Å². The highest BCUT2D eigenvalue weighted by atomic mass is 31.2. The lowest BCUT2D eigenvalue weighted by Crippen LogP contribution is -2.33. The largest absolute Gasteiger partial charge is 0.497 e. The van der Waals surface area contributed by atoms with Gasteiger partial charge < -0.3 is 24.1 Å². The monoisotopic (exact) mass is 547 g/mol. The summed E-state index contributed by atoms with van der Waals surface area (Å²) >= 11 is 0. The van der Waals surface area contributed by atoms with Crippen LogP contribution in [0.5, 0.6) is 5.75 Å². The molecule has 0 radical (unpaired) electrons. The highest BCUT2D eigenvalue weighted by Crippen LogP contribution is 2.42. The third-order valence-electron chi connectivity index (χ3n) is 5.75. The molecule has 10 nitrogen and oxygen atoms in total. The van der Waals surface area contributed by atoms with Gasteiger partial charge in [0.15, 0.2) is 14.2 Å². The lowest BCUT2D eigenvalue weighted by atomic mass is 9.97. The van der Waals surface area contributed by atoms with Crippen LogP contribution in [0.15, 0.2) is 77.9 Å². The summed E-state index contributed by atoms with van der Waals surface area (Å²) in [7, 11) is 0.577. The third-order valence-corrected chi connectivity index (χ3v) is 7.47. The Hall–Kier alpha value is -3.98. The number of nitrogens with zero attached hydrogens (tertiary/aromatic N) is 3. The van der Waals surface area contributed by atoms with E-state index in [-0.39, 0.29) is 11.4 Å². The van der Waals surface area contributed by atoms with E-state index in [1.54, 1.807) is 19.2 Å². The van der Waals surface area contributed by atoms with Crippen LogP contribution in [-0.4, -0.2) is 46.4 Å². The maximum Gasteiger partial charge on any atom is 0.264 e. The molecule has 0 saturated carbocycles. The molecule has 2 aromatic carbocycles. The first-order chi connectivity index (χ1) is 19.0. The van der Waals surface area contributed by atoms with E-state index < -0.39 is 25.9 Å². The zero-order valence-electron chi connectivity index (χ0n) is 22.0. The topological polar surface area (TPSA) is 128 Å². The van der Waals surface area contributed by atoms with Crippen molar-refractivity contribution < 1.29 is 18.6 Å². The molecule has 4 rings (SSSR count). The summed E-state index contributed by atoms with van der Waals surface area (Å²) in [5.74, 6) is 0.362. The van der Waals surface area contributed by atoms with Gasteiger partial charge in [0.2, 0.25) is 0 Å². The summed E-state index contributed by atoms with van der Waals surface area (Å²) in [6.07, 6.45) is 3.43. The first-order valence-electron chi connectivity index (χ1n) is 12.5. The molecule has 1 amide bonds. The van der Waals surface area contributed by atoms with Crippen LogP contribution in [0.3, 0.4) is 0 Å². The highest BCUT2D eigenvalue weighted by molar-refractivity contribution is 7.46.